The first kappa shape index (κ1) is 90.3. The molecule has 0 unspecified atom stereocenters. The van der Waals surface area contributed by atoms with Gasteiger partial charge in [0, 0.05) is 131 Å². The minimum atomic E-state index is -3.41. The number of aryl methyl sites for hydroxylation is 2. The molecular formula is C84H105N21O15S3. The van der Waals surface area contributed by atoms with E-state index in [4.69, 9.17) is 47.2 Å². The molecule has 0 saturated carbocycles. The predicted octanol–water partition coefficient (Wildman–Crippen LogP) is 13.2. The lowest BCUT2D eigenvalue weighted by molar-refractivity contribution is -0.0232. The van der Waals surface area contributed by atoms with Crippen molar-refractivity contribution in [3.63, 3.8) is 0 Å². The summed E-state index contributed by atoms with van der Waals surface area (Å²) < 4.78 is 98.8. The minimum Gasteiger partial charge on any atom is -0.492 e. The summed E-state index contributed by atoms with van der Waals surface area (Å²) in [6.07, 6.45) is 21.1. The normalized spacial score (nSPS) is 15.1. The number of carbonyl (C=O) groups excluding carboxylic acids is 2. The van der Waals surface area contributed by atoms with E-state index < -0.39 is 25.3 Å². The molecule has 0 spiro atoms. The number of amides is 2. The largest absolute Gasteiger partial charge is 0.492 e. The molecule has 13 heterocycles. The van der Waals surface area contributed by atoms with Gasteiger partial charge in [0.1, 0.15) is 49.1 Å². The van der Waals surface area contributed by atoms with Crippen molar-refractivity contribution < 1.29 is 68.6 Å². The molecule has 2 aromatic carbocycles. The van der Waals surface area contributed by atoms with Crippen molar-refractivity contribution in [2.24, 2.45) is 5.92 Å². The van der Waals surface area contributed by atoms with E-state index in [2.05, 4.69) is 98.1 Å². The number of tetrazole rings is 1. The second-order valence-electron chi connectivity index (χ2n) is 31.4. The third-order valence-electron chi connectivity index (χ3n) is 20.2. The van der Waals surface area contributed by atoms with Crippen LogP contribution in [0.2, 0.25) is 0 Å². The van der Waals surface area contributed by atoms with E-state index >= 15 is 0 Å². The zero-order valence-corrected chi connectivity index (χ0v) is 73.6. The fraction of sp³-hybridized carbons (Fsp3) is 0.464. The maximum absolute atomic E-state index is 12.1. The summed E-state index contributed by atoms with van der Waals surface area (Å²) in [5.41, 5.74) is 6.08. The smallest absolute Gasteiger partial charge is 0.410 e. The van der Waals surface area contributed by atoms with Crippen LogP contribution in [0.25, 0.3) is 28.3 Å². The van der Waals surface area contributed by atoms with Gasteiger partial charge >= 0.3 is 18.2 Å². The number of benzene rings is 2. The Labute approximate surface area is 719 Å². The molecule has 36 nitrogen and oxygen atoms in total. The fourth-order valence-corrected chi connectivity index (χ4v) is 15.5. The first-order chi connectivity index (χ1) is 59.1. The molecule has 2 amide bonds. The summed E-state index contributed by atoms with van der Waals surface area (Å²) >= 11 is 1.73. The summed E-state index contributed by atoms with van der Waals surface area (Å²) in [4.78, 5) is 75.9. The summed E-state index contributed by atoms with van der Waals surface area (Å²) in [5, 5.41) is 25.6. The van der Waals surface area contributed by atoms with Crippen molar-refractivity contribution in [1.29, 1.82) is 0 Å². The van der Waals surface area contributed by atoms with E-state index in [0.717, 1.165) is 129 Å². The van der Waals surface area contributed by atoms with E-state index in [0.29, 0.717) is 110 Å². The van der Waals surface area contributed by atoms with Crippen molar-refractivity contribution in [2.75, 3.05) is 93.7 Å². The molecule has 0 atom stereocenters. The highest BCUT2D eigenvalue weighted by Gasteiger charge is 2.32. The highest BCUT2D eigenvalue weighted by Crippen LogP contribution is 2.37. The van der Waals surface area contributed by atoms with Crippen LogP contribution in [0.1, 0.15) is 152 Å². The second kappa shape index (κ2) is 42.2. The number of ether oxygens (including phenoxy) is 7. The molecule has 11 aromatic rings. The van der Waals surface area contributed by atoms with E-state index in [1.807, 2.05) is 109 Å². The van der Waals surface area contributed by atoms with Crippen LogP contribution in [-0.4, -0.2) is 222 Å². The molecule has 15 rings (SSSR count). The molecule has 1 N–H and O–H groups in total. The highest BCUT2D eigenvalue weighted by atomic mass is 32.2. The van der Waals surface area contributed by atoms with Crippen LogP contribution >= 0.6 is 11.3 Å². The molecular weight excluding hydrogens is 1640 g/mol. The Kier molecular flexibility index (Phi) is 31.0. The summed E-state index contributed by atoms with van der Waals surface area (Å²) in [6.45, 7) is 24.4. The minimum absolute atomic E-state index is 0.00663. The Hall–Kier alpha value is -12.0. The van der Waals surface area contributed by atoms with Crippen LogP contribution in [0.5, 0.6) is 23.1 Å². The number of nitrogens with zero attached hydrogens (tertiary/aromatic N) is 20. The number of nitrogens with one attached hydrogen (secondary N) is 1. The second-order valence-corrected chi connectivity index (χ2v) is 36.3. The molecule has 123 heavy (non-hydrogen) atoms. The molecule has 4 aliphatic heterocycles. The monoisotopic (exact) mass is 1740 g/mol. The summed E-state index contributed by atoms with van der Waals surface area (Å²) in [5.74, 6) is 6.19. The van der Waals surface area contributed by atoms with E-state index in [1.165, 1.54) is 36.3 Å². The number of carbonyl (C=O) groups is 2. The Morgan fingerprint density at radius 2 is 1.35 bits per heavy atom. The third-order valence-corrected chi connectivity index (χ3v) is 23.4. The number of hydrogen-bond donors (Lipinski definition) is 1. The van der Waals surface area contributed by atoms with Crippen molar-refractivity contribution in [3.8, 4) is 51.5 Å². The number of rotatable bonds is 25. The Morgan fingerprint density at radius 3 is 1.96 bits per heavy atom. The summed E-state index contributed by atoms with van der Waals surface area (Å²) in [7, 11) is -5.13. The van der Waals surface area contributed by atoms with Crippen molar-refractivity contribution >= 4 is 66.7 Å². The van der Waals surface area contributed by atoms with Gasteiger partial charge in [-0.1, -0.05) is 43.2 Å². The maximum Gasteiger partial charge on any atom is 0.410 e. The first-order valence-electron chi connectivity index (χ1n) is 40.8. The lowest BCUT2D eigenvalue weighted by Gasteiger charge is -2.33. The molecule has 0 bridgehead atoms. The van der Waals surface area contributed by atoms with Gasteiger partial charge in [0.15, 0.2) is 36.3 Å². The van der Waals surface area contributed by atoms with Crippen LogP contribution in [0.4, 0.5) is 33.1 Å². The topological polar surface area (TPSA) is 417 Å². The lowest BCUT2D eigenvalue weighted by atomic mass is 9.98. The predicted molar refractivity (Wildman–Crippen MR) is 457 cm³/mol. The maximum atomic E-state index is 12.1. The Bertz CT molecular complexity index is 5410. The molecule has 4 aliphatic rings. The number of pyridine rings is 3. The number of likely N-dealkylation sites (tertiary alicyclic amines) is 2. The van der Waals surface area contributed by atoms with Crippen LogP contribution < -0.4 is 34.1 Å². The Balaban J connectivity index is 0.000000150. The first-order valence-corrected chi connectivity index (χ1v) is 45.5. The molecule has 39 heteroatoms. The van der Waals surface area contributed by atoms with Crippen molar-refractivity contribution in [3.05, 3.63) is 168 Å². The number of anilines is 4. The van der Waals surface area contributed by atoms with Crippen LogP contribution in [0.15, 0.2) is 153 Å². The average molecular weight is 1750 g/mol. The Morgan fingerprint density at radius 1 is 0.667 bits per heavy atom. The third kappa shape index (κ3) is 26.3. The van der Waals surface area contributed by atoms with E-state index in [-0.39, 0.29) is 53.9 Å². The quantitative estimate of drug-likeness (QED) is 0.0555. The lowest BCUT2D eigenvalue weighted by Crippen LogP contribution is -2.43. The van der Waals surface area contributed by atoms with Gasteiger partial charge in [-0.15, -0.1) is 16.4 Å². The molecule has 4 saturated heterocycles. The van der Waals surface area contributed by atoms with Gasteiger partial charge in [-0.3, -0.25) is 9.97 Å². The number of aromatic nitrogens is 16. The van der Waals surface area contributed by atoms with Crippen LogP contribution in [0.3, 0.4) is 0 Å². The zero-order valence-electron chi connectivity index (χ0n) is 71.1. The van der Waals surface area contributed by atoms with Gasteiger partial charge in [0.2, 0.25) is 17.5 Å². The molecule has 9 aromatic heterocycles. The molecule has 0 aliphatic carbocycles. The molecule has 654 valence electrons. The van der Waals surface area contributed by atoms with Gasteiger partial charge in [0.05, 0.1) is 70.5 Å². The highest BCUT2D eigenvalue weighted by molar-refractivity contribution is 7.91. The van der Waals surface area contributed by atoms with Gasteiger partial charge in [0.25, 0.3) is 11.8 Å². The van der Waals surface area contributed by atoms with Gasteiger partial charge in [-0.05, 0) is 181 Å². The van der Waals surface area contributed by atoms with E-state index in [9.17, 15) is 26.4 Å². The van der Waals surface area contributed by atoms with Crippen molar-refractivity contribution in [2.45, 2.75) is 179 Å². The van der Waals surface area contributed by atoms with Gasteiger partial charge in [-0.25, -0.2) is 56.0 Å². The number of methoxy groups -OCH3 is 1. The standard InChI is InChI=1S/C23H28N4O4S.C22H24N8OS.C21H29N5O6S.C18H24N4O4/c1-16(2)22-25-23(31-26-22)27-12-10-17(11-13-27)15-30-19-6-9-21(24-14-19)18-4-7-20(8-5-18)32(3,28)29;1-2-16-11-23-22(24-12-16)29-9-7-17(8-10-29)21-26-18(14-32-21)13-31-20-5-3-19(4-6-20)30-15-25-27-28-30;1-13(2)31-21(27)26-10-8-15(9-11-26)32-20-18(30-4)19(22-12-23-20)25-16-6-7-17(24-14(16)3)33(5,28)29;1-18(2,3)25-17(23)22-10-6-14(7-11-22)24-12-15-20-16(21-26-15)13-4-8-19-9-5-13/h4-9,14,16-17H,10-13,15H2,1-3H3;3-6,11-12,14-15,17H,2,7-10,13H2,1H3;6-7,12-13,15H,8-11H2,1-5H3,(H,22,23,25);4-5,8-9,14H,6-7,10-12H2,1-3H3. The average Bonchev–Trinajstić information content (AvgIpc) is 1.80. The number of piperidine rings is 4. The fourth-order valence-electron chi connectivity index (χ4n) is 13.3. The zero-order chi connectivity index (χ0) is 87.2. The number of sulfone groups is 2. The van der Waals surface area contributed by atoms with Crippen molar-refractivity contribution in [1.82, 2.24) is 90.2 Å². The number of hydrogen-bond acceptors (Lipinski definition) is 34. The molecule has 4 fully saturated rings. The number of thiazole rings is 1. The van der Waals surface area contributed by atoms with Crippen LogP contribution in [0, 0.1) is 12.8 Å². The SMILES string of the molecule is CC(C)(C)OC(=O)N1CCC(OCc2nc(-c3ccncc3)no2)CC1.CC(C)c1noc(N2CCC(COc3ccc(-c4ccc(S(C)(=O)=O)cc4)nc3)CC2)n1.CCc1cnc(N2CCC(c3nc(COc4ccc(-n5cnnn5)cc4)cs3)CC2)nc1.COc1c(Nc2ccc(S(C)(=O)=O)nc2C)ncnc1OC1CCN(C(=O)OC(C)C)CC1. The van der Waals surface area contributed by atoms with Gasteiger partial charge < -0.3 is 67.1 Å². The summed E-state index contributed by atoms with van der Waals surface area (Å²) in [6, 6.07) is 25.5. The van der Waals surface area contributed by atoms with Gasteiger partial charge in [-0.2, -0.15) is 15.0 Å². The van der Waals surface area contributed by atoms with E-state index in [1.54, 1.807) is 88.0 Å². The van der Waals surface area contributed by atoms with Crippen LogP contribution in [-0.2, 0) is 53.5 Å². The molecule has 0 radical (unpaired) electrons.